The molecule has 0 radical (unpaired) electrons. The smallest absolute Gasteiger partial charge is 0.265 e. The summed E-state index contributed by atoms with van der Waals surface area (Å²) in [7, 11) is 0. The van der Waals surface area contributed by atoms with Gasteiger partial charge in [-0.05, 0) is 36.1 Å². The first-order chi connectivity index (χ1) is 7.27. The van der Waals surface area contributed by atoms with Gasteiger partial charge in [0.05, 0.1) is 4.88 Å². The first-order valence-electron chi connectivity index (χ1n) is 4.53. The largest absolute Gasteiger partial charge is 0.321 e. The van der Waals surface area contributed by atoms with E-state index in [0.29, 0.717) is 0 Å². The van der Waals surface area contributed by atoms with Gasteiger partial charge < -0.3 is 5.32 Å². The lowest BCUT2D eigenvalue weighted by molar-refractivity contribution is 0.103. The van der Waals surface area contributed by atoms with Crippen LogP contribution >= 0.6 is 11.3 Å². The predicted molar refractivity (Wildman–Crippen MR) is 61.2 cm³/mol. The Bertz CT molecular complexity index is 464. The van der Waals surface area contributed by atoms with Gasteiger partial charge in [0.15, 0.2) is 0 Å². The molecule has 2 heterocycles. The minimum absolute atomic E-state index is 0.0614. The molecule has 76 valence electrons. The molecule has 0 fully saturated rings. The standard InChI is InChI=1S/C11H10N2OS/c1-8-4-7-15-10(8)11(14)13-9-2-5-12-6-3-9/h2-7H,1H3,(H,12,13,14). The van der Waals surface area contributed by atoms with Crippen LogP contribution in [0.1, 0.15) is 15.2 Å². The van der Waals surface area contributed by atoms with Gasteiger partial charge in [0.2, 0.25) is 0 Å². The van der Waals surface area contributed by atoms with Gasteiger partial charge in [-0.15, -0.1) is 11.3 Å². The molecular formula is C11H10N2OS. The molecule has 15 heavy (non-hydrogen) atoms. The second-order valence-corrected chi connectivity index (χ2v) is 4.04. The second-order valence-electron chi connectivity index (χ2n) is 3.12. The van der Waals surface area contributed by atoms with E-state index in [1.54, 1.807) is 24.5 Å². The maximum Gasteiger partial charge on any atom is 0.265 e. The average Bonchev–Trinajstić information content (AvgIpc) is 2.66. The molecule has 0 aliphatic rings. The van der Waals surface area contributed by atoms with Crippen molar-refractivity contribution < 1.29 is 4.79 Å². The molecular weight excluding hydrogens is 208 g/mol. The molecule has 0 unspecified atom stereocenters. The highest BCUT2D eigenvalue weighted by atomic mass is 32.1. The molecule has 0 aliphatic carbocycles. The normalized spacial score (nSPS) is 9.93. The molecule has 0 saturated heterocycles. The van der Waals surface area contributed by atoms with Crippen LogP contribution in [0.25, 0.3) is 0 Å². The van der Waals surface area contributed by atoms with Crippen molar-refractivity contribution in [3.05, 3.63) is 46.4 Å². The molecule has 2 rings (SSSR count). The Morgan fingerprint density at radius 1 is 1.33 bits per heavy atom. The third kappa shape index (κ3) is 2.22. The Balaban J connectivity index is 2.15. The van der Waals surface area contributed by atoms with Crippen molar-refractivity contribution in [2.24, 2.45) is 0 Å². The van der Waals surface area contributed by atoms with Crippen LogP contribution < -0.4 is 5.32 Å². The van der Waals surface area contributed by atoms with Crippen LogP contribution in [0.3, 0.4) is 0 Å². The van der Waals surface area contributed by atoms with Crippen LogP contribution in [0.4, 0.5) is 5.69 Å². The first-order valence-corrected chi connectivity index (χ1v) is 5.41. The van der Waals surface area contributed by atoms with Crippen molar-refractivity contribution in [1.29, 1.82) is 0 Å². The van der Waals surface area contributed by atoms with E-state index in [4.69, 9.17) is 0 Å². The molecule has 0 saturated carbocycles. The molecule has 1 N–H and O–H groups in total. The molecule has 0 atom stereocenters. The fourth-order valence-electron chi connectivity index (χ4n) is 1.23. The van der Waals surface area contributed by atoms with E-state index in [1.807, 2.05) is 18.4 Å². The number of anilines is 1. The molecule has 1 amide bonds. The van der Waals surface area contributed by atoms with E-state index < -0.39 is 0 Å². The van der Waals surface area contributed by atoms with Crippen molar-refractivity contribution in [1.82, 2.24) is 4.98 Å². The van der Waals surface area contributed by atoms with Crippen molar-refractivity contribution in [3.8, 4) is 0 Å². The van der Waals surface area contributed by atoms with Gasteiger partial charge in [0, 0.05) is 18.1 Å². The van der Waals surface area contributed by atoms with E-state index in [9.17, 15) is 4.79 Å². The van der Waals surface area contributed by atoms with Crippen LogP contribution in [0.5, 0.6) is 0 Å². The van der Waals surface area contributed by atoms with Gasteiger partial charge in [0.1, 0.15) is 0 Å². The van der Waals surface area contributed by atoms with Crippen molar-refractivity contribution in [3.63, 3.8) is 0 Å². The van der Waals surface area contributed by atoms with Crippen LogP contribution in [-0.4, -0.2) is 10.9 Å². The number of hydrogen-bond donors (Lipinski definition) is 1. The topological polar surface area (TPSA) is 42.0 Å². The zero-order valence-electron chi connectivity index (χ0n) is 8.23. The number of carbonyl (C=O) groups is 1. The van der Waals surface area contributed by atoms with Gasteiger partial charge in [-0.1, -0.05) is 0 Å². The quantitative estimate of drug-likeness (QED) is 0.842. The number of thiophene rings is 1. The number of rotatable bonds is 2. The summed E-state index contributed by atoms with van der Waals surface area (Å²) in [6.45, 7) is 1.93. The van der Waals surface area contributed by atoms with Gasteiger partial charge in [-0.3, -0.25) is 9.78 Å². The highest BCUT2D eigenvalue weighted by Crippen LogP contribution is 2.17. The number of hydrogen-bond acceptors (Lipinski definition) is 3. The molecule has 0 bridgehead atoms. The third-order valence-electron chi connectivity index (χ3n) is 2.01. The first kappa shape index (κ1) is 9.86. The van der Waals surface area contributed by atoms with Crippen molar-refractivity contribution >= 4 is 22.9 Å². The van der Waals surface area contributed by atoms with Gasteiger partial charge in [0.25, 0.3) is 5.91 Å². The van der Waals surface area contributed by atoms with E-state index in [2.05, 4.69) is 10.3 Å². The Hall–Kier alpha value is -1.68. The van der Waals surface area contributed by atoms with Crippen LogP contribution in [0.2, 0.25) is 0 Å². The lowest BCUT2D eigenvalue weighted by atomic mass is 10.3. The van der Waals surface area contributed by atoms with Crippen molar-refractivity contribution in [2.45, 2.75) is 6.92 Å². The highest BCUT2D eigenvalue weighted by Gasteiger charge is 2.09. The van der Waals surface area contributed by atoms with E-state index >= 15 is 0 Å². The zero-order valence-corrected chi connectivity index (χ0v) is 9.04. The maximum atomic E-state index is 11.8. The second kappa shape index (κ2) is 4.23. The molecule has 0 spiro atoms. The fourth-order valence-corrected chi connectivity index (χ4v) is 2.05. The van der Waals surface area contributed by atoms with Crippen LogP contribution in [0.15, 0.2) is 36.0 Å². The summed E-state index contributed by atoms with van der Waals surface area (Å²) in [6.07, 6.45) is 3.30. The molecule has 0 aromatic carbocycles. The Kier molecular flexibility index (Phi) is 2.78. The lowest BCUT2D eigenvalue weighted by Crippen LogP contribution is -2.11. The molecule has 3 nitrogen and oxygen atoms in total. The Labute approximate surface area is 91.8 Å². The highest BCUT2D eigenvalue weighted by molar-refractivity contribution is 7.12. The Morgan fingerprint density at radius 3 is 2.67 bits per heavy atom. The van der Waals surface area contributed by atoms with Crippen LogP contribution in [-0.2, 0) is 0 Å². The van der Waals surface area contributed by atoms with E-state index in [1.165, 1.54) is 11.3 Å². The summed E-state index contributed by atoms with van der Waals surface area (Å²) in [5.41, 5.74) is 1.77. The number of nitrogens with zero attached hydrogens (tertiary/aromatic N) is 1. The van der Waals surface area contributed by atoms with E-state index in [-0.39, 0.29) is 5.91 Å². The van der Waals surface area contributed by atoms with Gasteiger partial charge in [-0.25, -0.2) is 0 Å². The summed E-state index contributed by atoms with van der Waals surface area (Å²) in [5, 5.41) is 4.73. The summed E-state index contributed by atoms with van der Waals surface area (Å²) in [6, 6.07) is 5.47. The van der Waals surface area contributed by atoms with Gasteiger partial charge >= 0.3 is 0 Å². The molecule has 2 aromatic heterocycles. The number of pyridine rings is 1. The Morgan fingerprint density at radius 2 is 2.07 bits per heavy atom. The van der Waals surface area contributed by atoms with Crippen LogP contribution in [0, 0.1) is 6.92 Å². The minimum Gasteiger partial charge on any atom is -0.321 e. The number of amides is 1. The molecule has 0 aliphatic heterocycles. The predicted octanol–water partition coefficient (Wildman–Crippen LogP) is 2.70. The molecule has 4 heteroatoms. The maximum absolute atomic E-state index is 11.8. The summed E-state index contributed by atoms with van der Waals surface area (Å²) in [4.78, 5) is 16.4. The average molecular weight is 218 g/mol. The zero-order chi connectivity index (χ0) is 10.7. The van der Waals surface area contributed by atoms with Crippen molar-refractivity contribution in [2.75, 3.05) is 5.32 Å². The number of nitrogens with one attached hydrogen (secondary N) is 1. The number of aromatic nitrogens is 1. The lowest BCUT2D eigenvalue weighted by Gasteiger charge is -2.03. The number of carbonyl (C=O) groups excluding carboxylic acids is 1. The summed E-state index contributed by atoms with van der Waals surface area (Å²) in [5.74, 6) is -0.0614. The third-order valence-corrected chi connectivity index (χ3v) is 3.02. The monoisotopic (exact) mass is 218 g/mol. The summed E-state index contributed by atoms with van der Waals surface area (Å²) < 4.78 is 0. The summed E-state index contributed by atoms with van der Waals surface area (Å²) >= 11 is 1.45. The minimum atomic E-state index is -0.0614. The number of aryl methyl sites for hydroxylation is 1. The molecule has 2 aromatic rings. The van der Waals surface area contributed by atoms with E-state index in [0.717, 1.165) is 16.1 Å². The van der Waals surface area contributed by atoms with Gasteiger partial charge in [-0.2, -0.15) is 0 Å². The SMILES string of the molecule is Cc1ccsc1C(=O)Nc1ccncc1. The fraction of sp³-hybridized carbons (Fsp3) is 0.0909.